The van der Waals surface area contributed by atoms with Crippen LogP contribution in [0.2, 0.25) is 0 Å². The Balaban J connectivity index is 2.13. The van der Waals surface area contributed by atoms with Crippen LogP contribution in [0.1, 0.15) is 33.1 Å². The van der Waals surface area contributed by atoms with Crippen molar-refractivity contribution < 1.29 is 18.4 Å². The maximum Gasteiger partial charge on any atom is 0.227 e. The van der Waals surface area contributed by atoms with Crippen molar-refractivity contribution >= 4 is 17.5 Å². The third-order valence-electron chi connectivity index (χ3n) is 4.83. The summed E-state index contributed by atoms with van der Waals surface area (Å²) in [6.45, 7) is 4.26. The smallest absolute Gasteiger partial charge is 0.227 e. The second kappa shape index (κ2) is 7.25. The molecule has 0 aliphatic carbocycles. The molecule has 2 rings (SSSR count). The molecule has 24 heavy (non-hydrogen) atoms. The van der Waals surface area contributed by atoms with Gasteiger partial charge in [-0.05, 0) is 25.0 Å². The summed E-state index contributed by atoms with van der Waals surface area (Å²) in [5.41, 5.74) is 5.28. The van der Waals surface area contributed by atoms with Crippen LogP contribution in [0.15, 0.2) is 18.2 Å². The molecule has 0 bridgehead atoms. The van der Waals surface area contributed by atoms with Gasteiger partial charge in [-0.25, -0.2) is 8.78 Å². The normalized spacial score (nSPS) is 18.1. The topological polar surface area (TPSA) is 75.4 Å². The predicted molar refractivity (Wildman–Crippen MR) is 87.3 cm³/mol. The first-order valence-electron chi connectivity index (χ1n) is 8.13. The standard InChI is InChI=1S/C17H23F2N3O2/c1-3-17(4-2,10-20)21-16(24)11-7-15(23)22(9-11)14-6-5-12(18)8-13(14)19/h5-6,8,11H,3-4,7,9-10,20H2,1-2H3,(H,21,24). The molecule has 1 atom stereocenters. The van der Waals surface area contributed by atoms with Crippen molar-refractivity contribution in [3.63, 3.8) is 0 Å². The van der Waals surface area contributed by atoms with Crippen LogP contribution in [0.25, 0.3) is 0 Å². The second-order valence-electron chi connectivity index (χ2n) is 6.18. The van der Waals surface area contributed by atoms with E-state index in [1.165, 1.54) is 11.0 Å². The third-order valence-corrected chi connectivity index (χ3v) is 4.83. The van der Waals surface area contributed by atoms with Crippen LogP contribution in [0.5, 0.6) is 0 Å². The Bertz CT molecular complexity index is 624. The highest BCUT2D eigenvalue weighted by Crippen LogP contribution is 2.28. The number of hydrogen-bond acceptors (Lipinski definition) is 3. The molecule has 3 N–H and O–H groups in total. The van der Waals surface area contributed by atoms with E-state index in [4.69, 9.17) is 5.73 Å². The monoisotopic (exact) mass is 339 g/mol. The predicted octanol–water partition coefficient (Wildman–Crippen LogP) is 1.95. The van der Waals surface area contributed by atoms with E-state index in [9.17, 15) is 18.4 Å². The minimum atomic E-state index is -0.817. The van der Waals surface area contributed by atoms with Gasteiger partial charge in [-0.1, -0.05) is 13.8 Å². The first-order valence-corrected chi connectivity index (χ1v) is 8.13. The Hall–Kier alpha value is -2.02. The van der Waals surface area contributed by atoms with Crippen molar-refractivity contribution in [2.45, 2.75) is 38.6 Å². The summed E-state index contributed by atoms with van der Waals surface area (Å²) < 4.78 is 26.9. The number of nitrogens with two attached hydrogens (primary N) is 1. The van der Waals surface area contributed by atoms with Gasteiger partial charge in [0.2, 0.25) is 11.8 Å². The fourth-order valence-electron chi connectivity index (χ4n) is 2.95. The number of benzene rings is 1. The lowest BCUT2D eigenvalue weighted by atomic mass is 9.91. The number of rotatable bonds is 6. The average Bonchev–Trinajstić information content (AvgIpc) is 2.94. The first kappa shape index (κ1) is 18.3. The van der Waals surface area contributed by atoms with E-state index in [2.05, 4.69) is 5.32 Å². The van der Waals surface area contributed by atoms with Crippen LogP contribution >= 0.6 is 0 Å². The molecule has 0 saturated carbocycles. The molecule has 1 saturated heterocycles. The Morgan fingerprint density at radius 2 is 2.04 bits per heavy atom. The summed E-state index contributed by atoms with van der Waals surface area (Å²) in [6.07, 6.45) is 1.36. The molecule has 1 aromatic carbocycles. The number of hydrogen-bond donors (Lipinski definition) is 2. The molecule has 132 valence electrons. The zero-order valence-electron chi connectivity index (χ0n) is 13.9. The first-order chi connectivity index (χ1) is 11.4. The van der Waals surface area contributed by atoms with E-state index in [0.29, 0.717) is 19.4 Å². The molecule has 0 aromatic heterocycles. The number of amides is 2. The van der Waals surface area contributed by atoms with Crippen LogP contribution in [0, 0.1) is 17.6 Å². The van der Waals surface area contributed by atoms with E-state index in [-0.39, 0.29) is 30.5 Å². The quantitative estimate of drug-likeness (QED) is 0.832. The van der Waals surface area contributed by atoms with E-state index >= 15 is 0 Å². The fourth-order valence-corrected chi connectivity index (χ4v) is 2.95. The molecule has 1 aliphatic heterocycles. The van der Waals surface area contributed by atoms with Gasteiger partial charge < -0.3 is 16.0 Å². The largest absolute Gasteiger partial charge is 0.349 e. The molecule has 5 nitrogen and oxygen atoms in total. The van der Waals surface area contributed by atoms with Crippen molar-refractivity contribution in [2.24, 2.45) is 11.7 Å². The number of carbonyl (C=O) groups excluding carboxylic acids is 2. The number of nitrogens with one attached hydrogen (secondary N) is 1. The average molecular weight is 339 g/mol. The van der Waals surface area contributed by atoms with Crippen molar-refractivity contribution in [3.05, 3.63) is 29.8 Å². The molecule has 0 radical (unpaired) electrons. The van der Waals surface area contributed by atoms with Crippen molar-refractivity contribution in [1.29, 1.82) is 0 Å². The van der Waals surface area contributed by atoms with Gasteiger partial charge in [-0.15, -0.1) is 0 Å². The van der Waals surface area contributed by atoms with Crippen LogP contribution in [-0.2, 0) is 9.59 Å². The minimum absolute atomic E-state index is 0.00324. The molecule has 1 aromatic rings. The summed E-state index contributed by atoms with van der Waals surface area (Å²) in [7, 11) is 0. The Morgan fingerprint density at radius 1 is 1.38 bits per heavy atom. The van der Waals surface area contributed by atoms with Crippen molar-refractivity contribution in [3.8, 4) is 0 Å². The summed E-state index contributed by atoms with van der Waals surface area (Å²) in [5.74, 6) is -2.72. The highest BCUT2D eigenvalue weighted by Gasteiger charge is 2.38. The van der Waals surface area contributed by atoms with E-state index in [1.54, 1.807) is 0 Å². The zero-order chi connectivity index (χ0) is 17.9. The number of carbonyl (C=O) groups is 2. The molecule has 1 aliphatic rings. The van der Waals surface area contributed by atoms with Gasteiger partial charge >= 0.3 is 0 Å². The number of anilines is 1. The SMILES string of the molecule is CCC(CC)(CN)NC(=O)C1CC(=O)N(c2ccc(F)cc2F)C1. The number of nitrogens with zero attached hydrogens (tertiary/aromatic N) is 1. The van der Waals surface area contributed by atoms with Gasteiger partial charge in [-0.3, -0.25) is 9.59 Å². The molecular weight excluding hydrogens is 316 g/mol. The van der Waals surface area contributed by atoms with Gasteiger partial charge in [0.05, 0.1) is 17.1 Å². The summed E-state index contributed by atoms with van der Waals surface area (Å²) in [5, 5.41) is 2.94. The van der Waals surface area contributed by atoms with Gasteiger partial charge in [0, 0.05) is 25.6 Å². The lowest BCUT2D eigenvalue weighted by Crippen LogP contribution is -2.54. The molecule has 1 unspecified atom stereocenters. The Kier molecular flexibility index (Phi) is 5.54. The van der Waals surface area contributed by atoms with E-state index in [1.807, 2.05) is 13.8 Å². The van der Waals surface area contributed by atoms with Gasteiger partial charge in [-0.2, -0.15) is 0 Å². The molecule has 0 spiro atoms. The van der Waals surface area contributed by atoms with Crippen LogP contribution in [0.4, 0.5) is 14.5 Å². The number of halogens is 2. The maximum absolute atomic E-state index is 13.9. The Morgan fingerprint density at radius 3 is 2.58 bits per heavy atom. The van der Waals surface area contributed by atoms with Crippen LogP contribution in [-0.4, -0.2) is 30.4 Å². The highest BCUT2D eigenvalue weighted by molar-refractivity contribution is 6.00. The molecular formula is C17H23F2N3O2. The summed E-state index contributed by atoms with van der Waals surface area (Å²) >= 11 is 0. The highest BCUT2D eigenvalue weighted by atomic mass is 19.1. The van der Waals surface area contributed by atoms with E-state index < -0.39 is 23.1 Å². The van der Waals surface area contributed by atoms with Crippen LogP contribution < -0.4 is 16.0 Å². The maximum atomic E-state index is 13.9. The molecule has 1 fully saturated rings. The second-order valence-corrected chi connectivity index (χ2v) is 6.18. The minimum Gasteiger partial charge on any atom is -0.349 e. The molecule has 2 amide bonds. The fraction of sp³-hybridized carbons (Fsp3) is 0.529. The van der Waals surface area contributed by atoms with Crippen molar-refractivity contribution in [1.82, 2.24) is 5.32 Å². The third kappa shape index (κ3) is 3.56. The summed E-state index contributed by atoms with van der Waals surface area (Å²) in [6, 6.07) is 3.03. The van der Waals surface area contributed by atoms with Gasteiger partial charge in [0.1, 0.15) is 11.6 Å². The van der Waals surface area contributed by atoms with Crippen LogP contribution in [0.3, 0.4) is 0 Å². The summed E-state index contributed by atoms with van der Waals surface area (Å²) in [4.78, 5) is 25.9. The van der Waals surface area contributed by atoms with Crippen molar-refractivity contribution in [2.75, 3.05) is 18.0 Å². The van der Waals surface area contributed by atoms with Gasteiger partial charge in [0.15, 0.2) is 0 Å². The van der Waals surface area contributed by atoms with E-state index in [0.717, 1.165) is 12.1 Å². The molecule has 1 heterocycles. The van der Waals surface area contributed by atoms with Gasteiger partial charge in [0.25, 0.3) is 0 Å². The molecule has 7 heteroatoms. The zero-order valence-corrected chi connectivity index (χ0v) is 13.9. The lowest BCUT2D eigenvalue weighted by Gasteiger charge is -2.32. The Labute approximate surface area is 140 Å². The lowest BCUT2D eigenvalue weighted by molar-refractivity contribution is -0.128.